The standard InChI is InChI=1S/C20H20ClNO5/c1-3-4-9-22-17(15-6-5-10-27-15)16(19(24)20(22)25)18(23)12-7-8-14(26-2)13(21)11-12/h5-8,10-11,17,23H,3-4,9H2,1-2H3/b18-16-. The molecule has 0 aliphatic carbocycles. The van der Waals surface area contributed by atoms with Crippen molar-refractivity contribution in [2.45, 2.75) is 25.8 Å². The van der Waals surface area contributed by atoms with Gasteiger partial charge in [-0.3, -0.25) is 9.59 Å². The highest BCUT2D eigenvalue weighted by Gasteiger charge is 2.47. The number of carbonyl (C=O) groups excluding carboxylic acids is 2. The molecule has 6 nitrogen and oxygen atoms in total. The van der Waals surface area contributed by atoms with Gasteiger partial charge in [-0.2, -0.15) is 0 Å². The van der Waals surface area contributed by atoms with Gasteiger partial charge in [-0.25, -0.2) is 0 Å². The molecule has 0 bridgehead atoms. The van der Waals surface area contributed by atoms with E-state index in [1.54, 1.807) is 24.3 Å². The Bertz CT molecular complexity index is 888. The zero-order valence-electron chi connectivity index (χ0n) is 15.1. The van der Waals surface area contributed by atoms with Crippen molar-refractivity contribution >= 4 is 29.1 Å². The number of methoxy groups -OCH3 is 1. The molecular weight excluding hydrogens is 370 g/mol. The number of halogens is 1. The minimum atomic E-state index is -0.771. The van der Waals surface area contributed by atoms with Gasteiger partial charge in [0.1, 0.15) is 23.3 Å². The average Bonchev–Trinajstić information content (AvgIpc) is 3.27. The van der Waals surface area contributed by atoms with E-state index < -0.39 is 17.7 Å². The van der Waals surface area contributed by atoms with Crippen LogP contribution in [0.2, 0.25) is 5.02 Å². The lowest BCUT2D eigenvalue weighted by molar-refractivity contribution is -0.140. The highest BCUT2D eigenvalue weighted by atomic mass is 35.5. The molecule has 0 spiro atoms. The maximum absolute atomic E-state index is 12.7. The van der Waals surface area contributed by atoms with E-state index in [0.29, 0.717) is 23.6 Å². The van der Waals surface area contributed by atoms with Crippen molar-refractivity contribution in [2.75, 3.05) is 13.7 Å². The minimum absolute atomic E-state index is 0.00714. The van der Waals surface area contributed by atoms with Crippen molar-refractivity contribution in [3.8, 4) is 5.75 Å². The van der Waals surface area contributed by atoms with Crippen LogP contribution in [0.1, 0.15) is 37.1 Å². The monoisotopic (exact) mass is 389 g/mol. The molecule has 1 saturated heterocycles. The highest BCUT2D eigenvalue weighted by molar-refractivity contribution is 6.46. The normalized spacial score (nSPS) is 18.9. The largest absolute Gasteiger partial charge is 0.507 e. The number of likely N-dealkylation sites (tertiary alicyclic amines) is 1. The second kappa shape index (κ2) is 7.88. The van der Waals surface area contributed by atoms with Crippen molar-refractivity contribution < 1.29 is 23.8 Å². The number of Topliss-reactive ketones (excluding diaryl/α,β-unsaturated/α-hetero) is 1. The molecule has 142 valence electrons. The molecule has 1 aromatic carbocycles. The van der Waals surface area contributed by atoms with E-state index in [1.165, 1.54) is 24.3 Å². The lowest BCUT2D eigenvalue weighted by Crippen LogP contribution is -2.30. The van der Waals surface area contributed by atoms with Crippen molar-refractivity contribution in [3.63, 3.8) is 0 Å². The van der Waals surface area contributed by atoms with Gasteiger partial charge in [0, 0.05) is 12.1 Å². The van der Waals surface area contributed by atoms with Crippen molar-refractivity contribution in [2.24, 2.45) is 0 Å². The fourth-order valence-corrected chi connectivity index (χ4v) is 3.41. The van der Waals surface area contributed by atoms with Gasteiger partial charge in [0.2, 0.25) is 0 Å². The molecule has 1 amide bonds. The summed E-state index contributed by atoms with van der Waals surface area (Å²) in [7, 11) is 1.48. The molecule has 1 N–H and O–H groups in total. The maximum atomic E-state index is 12.7. The molecule has 27 heavy (non-hydrogen) atoms. The number of benzene rings is 1. The first-order chi connectivity index (χ1) is 13.0. The molecule has 2 aromatic rings. The van der Waals surface area contributed by atoms with Gasteiger partial charge in [0.15, 0.2) is 0 Å². The SMILES string of the molecule is CCCCN1C(=O)C(=O)/C(=C(\O)c2ccc(OC)c(Cl)c2)C1c1ccco1. The van der Waals surface area contributed by atoms with Crippen LogP contribution in [0, 0.1) is 0 Å². The topological polar surface area (TPSA) is 80.0 Å². The van der Waals surface area contributed by atoms with Gasteiger partial charge in [0.05, 0.1) is 24.0 Å². The van der Waals surface area contributed by atoms with Gasteiger partial charge in [0.25, 0.3) is 11.7 Å². The molecule has 3 rings (SSSR count). The predicted molar refractivity (Wildman–Crippen MR) is 101 cm³/mol. The smallest absolute Gasteiger partial charge is 0.295 e. The lowest BCUT2D eigenvalue weighted by Gasteiger charge is -2.23. The van der Waals surface area contributed by atoms with Crippen LogP contribution in [-0.4, -0.2) is 35.4 Å². The maximum Gasteiger partial charge on any atom is 0.295 e. The molecule has 0 radical (unpaired) electrons. The number of carbonyl (C=O) groups is 2. The summed E-state index contributed by atoms with van der Waals surface area (Å²) in [5.41, 5.74) is 0.318. The van der Waals surface area contributed by atoms with Gasteiger partial charge >= 0.3 is 0 Å². The molecule has 2 heterocycles. The van der Waals surface area contributed by atoms with Gasteiger partial charge in [-0.05, 0) is 36.8 Å². The average molecular weight is 390 g/mol. The zero-order chi connectivity index (χ0) is 19.6. The number of amides is 1. The number of furan rings is 1. The first-order valence-electron chi connectivity index (χ1n) is 8.65. The summed E-state index contributed by atoms with van der Waals surface area (Å²) in [5, 5.41) is 11.1. The quantitative estimate of drug-likeness (QED) is 0.455. The van der Waals surface area contributed by atoms with Crippen LogP contribution in [-0.2, 0) is 9.59 Å². The molecule has 7 heteroatoms. The number of ketones is 1. The number of unbranched alkanes of at least 4 members (excludes halogenated alkanes) is 1. The second-order valence-corrected chi connectivity index (χ2v) is 6.62. The Morgan fingerprint density at radius 3 is 2.70 bits per heavy atom. The minimum Gasteiger partial charge on any atom is -0.507 e. The van der Waals surface area contributed by atoms with E-state index in [9.17, 15) is 14.7 Å². The third-order valence-corrected chi connectivity index (χ3v) is 4.83. The van der Waals surface area contributed by atoms with Crippen LogP contribution in [0.5, 0.6) is 5.75 Å². The van der Waals surface area contributed by atoms with Crippen LogP contribution in [0.4, 0.5) is 0 Å². The van der Waals surface area contributed by atoms with Crippen LogP contribution >= 0.6 is 11.6 Å². The Morgan fingerprint density at radius 2 is 2.11 bits per heavy atom. The molecule has 1 aliphatic heterocycles. The van der Waals surface area contributed by atoms with Crippen LogP contribution in [0.15, 0.2) is 46.6 Å². The Hall–Kier alpha value is -2.73. The molecule has 1 unspecified atom stereocenters. The lowest BCUT2D eigenvalue weighted by atomic mass is 9.99. The molecular formula is C20H20ClNO5. The zero-order valence-corrected chi connectivity index (χ0v) is 15.8. The van der Waals surface area contributed by atoms with Crippen LogP contribution in [0.25, 0.3) is 5.76 Å². The summed E-state index contributed by atoms with van der Waals surface area (Å²) >= 11 is 6.14. The summed E-state index contributed by atoms with van der Waals surface area (Å²) < 4.78 is 10.6. The predicted octanol–water partition coefficient (Wildman–Crippen LogP) is 4.16. The van der Waals surface area contributed by atoms with E-state index >= 15 is 0 Å². The third kappa shape index (κ3) is 3.45. The first kappa shape index (κ1) is 19.0. The number of nitrogens with zero attached hydrogens (tertiary/aromatic N) is 1. The number of ether oxygens (including phenoxy) is 1. The first-order valence-corrected chi connectivity index (χ1v) is 9.03. The molecule has 0 saturated carbocycles. The number of aliphatic hydroxyl groups is 1. The van der Waals surface area contributed by atoms with Gasteiger partial charge < -0.3 is 19.2 Å². The molecule has 1 fully saturated rings. The molecule has 1 aliphatic rings. The van der Waals surface area contributed by atoms with Crippen molar-refractivity contribution in [3.05, 3.63) is 58.5 Å². The molecule has 1 aromatic heterocycles. The second-order valence-electron chi connectivity index (χ2n) is 6.21. The van der Waals surface area contributed by atoms with Gasteiger partial charge in [-0.1, -0.05) is 24.9 Å². The fraction of sp³-hybridized carbons (Fsp3) is 0.300. The Morgan fingerprint density at radius 1 is 1.33 bits per heavy atom. The summed E-state index contributed by atoms with van der Waals surface area (Å²) in [6, 6.07) is 7.26. The van der Waals surface area contributed by atoms with E-state index in [1.807, 2.05) is 6.92 Å². The number of hydrogen-bond donors (Lipinski definition) is 1. The van der Waals surface area contributed by atoms with Gasteiger partial charge in [-0.15, -0.1) is 0 Å². The Labute approximate surface area is 162 Å². The highest BCUT2D eigenvalue weighted by Crippen LogP contribution is 2.40. The Kier molecular flexibility index (Phi) is 5.56. The third-order valence-electron chi connectivity index (χ3n) is 4.53. The summed E-state index contributed by atoms with van der Waals surface area (Å²) in [6.45, 7) is 2.39. The number of aliphatic hydroxyl groups excluding tert-OH is 1. The number of hydrogen-bond acceptors (Lipinski definition) is 5. The number of rotatable bonds is 6. The van der Waals surface area contributed by atoms with Crippen LogP contribution < -0.4 is 4.74 Å². The van der Waals surface area contributed by atoms with Crippen molar-refractivity contribution in [1.29, 1.82) is 0 Å². The van der Waals surface area contributed by atoms with Crippen molar-refractivity contribution in [1.82, 2.24) is 4.90 Å². The summed E-state index contributed by atoms with van der Waals surface area (Å²) in [4.78, 5) is 26.7. The van der Waals surface area contributed by atoms with Crippen LogP contribution in [0.3, 0.4) is 0 Å². The van der Waals surface area contributed by atoms with E-state index in [4.69, 9.17) is 20.8 Å². The Balaban J connectivity index is 2.12. The fourth-order valence-electron chi connectivity index (χ4n) is 3.15. The van der Waals surface area contributed by atoms with E-state index in [2.05, 4.69) is 0 Å². The van der Waals surface area contributed by atoms with E-state index in [0.717, 1.165) is 12.8 Å². The summed E-state index contributed by atoms with van der Waals surface area (Å²) in [5.74, 6) is -0.813. The van der Waals surface area contributed by atoms with E-state index in [-0.39, 0.29) is 16.4 Å². The molecule has 1 atom stereocenters. The summed E-state index contributed by atoms with van der Waals surface area (Å²) in [6.07, 6.45) is 3.07.